The van der Waals surface area contributed by atoms with E-state index in [9.17, 15) is 4.79 Å². The molecule has 20 heavy (non-hydrogen) atoms. The van der Waals surface area contributed by atoms with Crippen molar-refractivity contribution in [1.82, 2.24) is 0 Å². The lowest BCUT2D eigenvalue weighted by Crippen LogP contribution is -2.27. The topological polar surface area (TPSA) is 47.6 Å². The average molecular weight is 298 g/mol. The molecule has 1 rings (SSSR count). The van der Waals surface area contributed by atoms with Crippen molar-refractivity contribution in [3.05, 3.63) is 35.4 Å². The smallest absolute Gasteiger partial charge is 0.412 e. The van der Waals surface area contributed by atoms with Crippen LogP contribution in [0.1, 0.15) is 27.7 Å². The number of amides is 1. The number of halogens is 1. The third kappa shape index (κ3) is 5.97. The minimum Gasteiger partial charge on any atom is -0.487 e. The second-order valence-corrected chi connectivity index (χ2v) is 5.95. The zero-order valence-electron chi connectivity index (χ0n) is 12.2. The molecule has 0 saturated heterocycles. The molecule has 0 saturated carbocycles. The lowest BCUT2D eigenvalue weighted by Gasteiger charge is -2.20. The first-order chi connectivity index (χ1) is 9.17. The molecule has 1 amide bonds. The van der Waals surface area contributed by atoms with Crippen molar-refractivity contribution in [3.8, 4) is 5.75 Å². The number of hydrogen-bond acceptors (Lipinski definition) is 3. The van der Waals surface area contributed by atoms with Gasteiger partial charge in [0.1, 0.15) is 18.0 Å². The summed E-state index contributed by atoms with van der Waals surface area (Å²) in [6.45, 7) is 11.4. The number of benzene rings is 1. The van der Waals surface area contributed by atoms with Crippen LogP contribution in [0.15, 0.2) is 30.4 Å². The molecule has 0 bridgehead atoms. The zero-order chi connectivity index (χ0) is 15.3. The molecule has 4 nitrogen and oxygen atoms in total. The summed E-state index contributed by atoms with van der Waals surface area (Å²) in [6.07, 6.45) is -0.542. The molecule has 0 aliphatic heterocycles. The SMILES string of the molecule is C=C(C)COc1cc(Cl)ccc1NC(=O)OC(C)(C)C. The molecule has 5 heteroatoms. The first kappa shape index (κ1) is 16.4. The third-order valence-electron chi connectivity index (χ3n) is 2.05. The van der Waals surface area contributed by atoms with Gasteiger partial charge in [0, 0.05) is 11.1 Å². The Bertz CT molecular complexity index is 506. The number of ether oxygens (including phenoxy) is 2. The predicted octanol–water partition coefficient (Wildman–Crippen LogP) is 4.64. The standard InChI is InChI=1S/C15H20ClNO3/c1-10(2)9-19-13-8-11(16)6-7-12(13)17-14(18)20-15(3,4)5/h6-8H,1,9H2,2-5H3,(H,17,18). The van der Waals surface area contributed by atoms with E-state index < -0.39 is 11.7 Å². The Labute approximate surface area is 124 Å². The number of rotatable bonds is 4. The molecule has 1 aromatic carbocycles. The maximum atomic E-state index is 11.8. The van der Waals surface area contributed by atoms with Crippen LogP contribution in [0, 0.1) is 0 Å². The maximum absolute atomic E-state index is 11.8. The number of anilines is 1. The Morgan fingerprint density at radius 2 is 2.05 bits per heavy atom. The molecule has 1 N–H and O–H groups in total. The number of nitrogens with one attached hydrogen (secondary N) is 1. The summed E-state index contributed by atoms with van der Waals surface area (Å²) < 4.78 is 10.8. The molecule has 0 aromatic heterocycles. The number of carbonyl (C=O) groups excluding carboxylic acids is 1. The molecule has 1 aromatic rings. The Hall–Kier alpha value is -1.68. The van der Waals surface area contributed by atoms with E-state index >= 15 is 0 Å². The highest BCUT2D eigenvalue weighted by atomic mass is 35.5. The van der Waals surface area contributed by atoms with Crippen LogP contribution >= 0.6 is 11.6 Å². The molecule has 0 heterocycles. The fraction of sp³-hybridized carbons (Fsp3) is 0.400. The van der Waals surface area contributed by atoms with Crippen LogP contribution in [-0.2, 0) is 4.74 Å². The largest absolute Gasteiger partial charge is 0.487 e. The summed E-state index contributed by atoms with van der Waals surface area (Å²) in [5.41, 5.74) is 0.813. The van der Waals surface area contributed by atoms with Gasteiger partial charge in [0.2, 0.25) is 0 Å². The fourth-order valence-corrected chi connectivity index (χ4v) is 1.50. The highest BCUT2D eigenvalue weighted by Crippen LogP contribution is 2.29. The van der Waals surface area contributed by atoms with Crippen LogP contribution in [-0.4, -0.2) is 18.3 Å². The van der Waals surface area contributed by atoms with Gasteiger partial charge in [0.05, 0.1) is 5.69 Å². The molecule has 0 spiro atoms. The maximum Gasteiger partial charge on any atom is 0.412 e. The van der Waals surface area contributed by atoms with Crippen LogP contribution < -0.4 is 10.1 Å². The van der Waals surface area contributed by atoms with Crippen LogP contribution in [0.25, 0.3) is 0 Å². The Morgan fingerprint density at radius 3 is 2.60 bits per heavy atom. The predicted molar refractivity (Wildman–Crippen MR) is 81.6 cm³/mol. The van der Waals surface area contributed by atoms with Crippen LogP contribution in [0.4, 0.5) is 10.5 Å². The third-order valence-corrected chi connectivity index (χ3v) is 2.29. The summed E-state index contributed by atoms with van der Waals surface area (Å²) >= 11 is 5.93. The molecule has 0 atom stereocenters. The Balaban J connectivity index is 2.83. The average Bonchev–Trinajstić information content (AvgIpc) is 2.26. The van der Waals surface area contributed by atoms with Gasteiger partial charge < -0.3 is 9.47 Å². The zero-order valence-corrected chi connectivity index (χ0v) is 13.0. The van der Waals surface area contributed by atoms with Gasteiger partial charge in [-0.05, 0) is 45.4 Å². The minimum atomic E-state index is -0.560. The highest BCUT2D eigenvalue weighted by Gasteiger charge is 2.17. The molecule has 0 aliphatic rings. The summed E-state index contributed by atoms with van der Waals surface area (Å²) in [4.78, 5) is 11.8. The molecule has 0 radical (unpaired) electrons. The van der Waals surface area contributed by atoms with Crippen molar-refractivity contribution in [2.75, 3.05) is 11.9 Å². The van der Waals surface area contributed by atoms with Crippen molar-refractivity contribution in [2.24, 2.45) is 0 Å². The van der Waals surface area contributed by atoms with Crippen molar-refractivity contribution < 1.29 is 14.3 Å². The van der Waals surface area contributed by atoms with Gasteiger partial charge in [0.15, 0.2) is 0 Å². The number of hydrogen-bond donors (Lipinski definition) is 1. The molecular formula is C15H20ClNO3. The molecule has 0 unspecified atom stereocenters. The van der Waals surface area contributed by atoms with E-state index in [1.54, 1.807) is 39.0 Å². The molecule has 0 aliphatic carbocycles. The van der Waals surface area contributed by atoms with Crippen LogP contribution in [0.2, 0.25) is 5.02 Å². The quantitative estimate of drug-likeness (QED) is 0.823. The second-order valence-electron chi connectivity index (χ2n) is 5.51. The van der Waals surface area contributed by atoms with E-state index in [0.29, 0.717) is 23.1 Å². The molecular weight excluding hydrogens is 278 g/mol. The van der Waals surface area contributed by atoms with Crippen LogP contribution in [0.3, 0.4) is 0 Å². The van der Waals surface area contributed by atoms with E-state index in [2.05, 4.69) is 11.9 Å². The van der Waals surface area contributed by atoms with Crippen LogP contribution in [0.5, 0.6) is 5.75 Å². The second kappa shape index (κ2) is 6.66. The Kier molecular flexibility index (Phi) is 5.45. The van der Waals surface area contributed by atoms with E-state index in [1.165, 1.54) is 0 Å². The summed E-state index contributed by atoms with van der Waals surface area (Å²) in [5, 5.41) is 3.17. The van der Waals surface area contributed by atoms with Crippen molar-refractivity contribution in [1.29, 1.82) is 0 Å². The minimum absolute atomic E-state index is 0.351. The van der Waals surface area contributed by atoms with E-state index in [4.69, 9.17) is 21.1 Å². The first-order valence-corrected chi connectivity index (χ1v) is 6.62. The highest BCUT2D eigenvalue weighted by molar-refractivity contribution is 6.30. The lowest BCUT2D eigenvalue weighted by atomic mass is 10.2. The number of carbonyl (C=O) groups is 1. The molecule has 110 valence electrons. The molecule has 0 fully saturated rings. The van der Waals surface area contributed by atoms with Gasteiger partial charge >= 0.3 is 6.09 Å². The van der Waals surface area contributed by atoms with E-state index in [-0.39, 0.29) is 0 Å². The fourth-order valence-electron chi connectivity index (χ4n) is 1.33. The van der Waals surface area contributed by atoms with E-state index in [1.807, 2.05) is 6.92 Å². The Morgan fingerprint density at radius 1 is 1.40 bits per heavy atom. The monoisotopic (exact) mass is 297 g/mol. The van der Waals surface area contributed by atoms with Gasteiger partial charge in [-0.3, -0.25) is 5.32 Å². The van der Waals surface area contributed by atoms with Gasteiger partial charge in [-0.2, -0.15) is 0 Å². The van der Waals surface area contributed by atoms with Gasteiger partial charge in [-0.25, -0.2) is 4.79 Å². The van der Waals surface area contributed by atoms with Gasteiger partial charge in [-0.1, -0.05) is 18.2 Å². The first-order valence-electron chi connectivity index (χ1n) is 6.24. The lowest BCUT2D eigenvalue weighted by molar-refractivity contribution is 0.0635. The summed E-state index contributed by atoms with van der Waals surface area (Å²) in [6, 6.07) is 4.97. The normalized spacial score (nSPS) is 10.8. The van der Waals surface area contributed by atoms with Crippen molar-refractivity contribution in [3.63, 3.8) is 0 Å². The van der Waals surface area contributed by atoms with Gasteiger partial charge in [0.25, 0.3) is 0 Å². The van der Waals surface area contributed by atoms with Crippen molar-refractivity contribution in [2.45, 2.75) is 33.3 Å². The summed E-state index contributed by atoms with van der Waals surface area (Å²) in [7, 11) is 0. The van der Waals surface area contributed by atoms with Gasteiger partial charge in [-0.15, -0.1) is 0 Å². The summed E-state index contributed by atoms with van der Waals surface area (Å²) in [5.74, 6) is 0.478. The van der Waals surface area contributed by atoms with E-state index in [0.717, 1.165) is 5.57 Å². The van der Waals surface area contributed by atoms with Crippen molar-refractivity contribution >= 4 is 23.4 Å².